The predicted molar refractivity (Wildman–Crippen MR) is 130 cm³/mol. The Kier molecular flexibility index (Phi) is 6.27. The minimum atomic E-state index is -3.67. The third-order valence-electron chi connectivity index (χ3n) is 7.41. The Morgan fingerprint density at radius 1 is 0.971 bits per heavy atom. The molecule has 0 radical (unpaired) electrons. The fourth-order valence-electron chi connectivity index (χ4n) is 5.74. The first-order valence-corrected chi connectivity index (χ1v) is 13.5. The lowest BCUT2D eigenvalue weighted by molar-refractivity contribution is -0.139. The van der Waals surface area contributed by atoms with Gasteiger partial charge in [0.2, 0.25) is 21.8 Å². The lowest BCUT2D eigenvalue weighted by atomic mass is 9.82. The number of rotatable bonds is 4. The molecule has 2 aromatic rings. The molecule has 0 saturated carbocycles. The van der Waals surface area contributed by atoms with Crippen LogP contribution >= 0.6 is 0 Å². The van der Waals surface area contributed by atoms with E-state index in [9.17, 15) is 22.8 Å². The molecule has 5 rings (SSSR count). The van der Waals surface area contributed by atoms with Crippen LogP contribution in [-0.2, 0) is 26.2 Å². The maximum absolute atomic E-state index is 13.4. The molecule has 9 nitrogen and oxygen atoms in total. The van der Waals surface area contributed by atoms with Gasteiger partial charge in [-0.2, -0.15) is 4.31 Å². The Hall–Kier alpha value is -2.98. The number of hydrogen-bond donors (Lipinski definition) is 1. The molecule has 0 spiro atoms. The summed E-state index contributed by atoms with van der Waals surface area (Å²) in [5.74, 6) is 0.124. The first kappa shape index (κ1) is 23.7. The highest BCUT2D eigenvalue weighted by Crippen LogP contribution is 2.36. The number of carbonyl (C=O) groups is 2. The van der Waals surface area contributed by atoms with E-state index < -0.39 is 10.0 Å². The summed E-state index contributed by atoms with van der Waals surface area (Å²) in [6, 6.07) is 11.5. The second kappa shape index (κ2) is 9.23. The van der Waals surface area contributed by atoms with E-state index in [1.54, 1.807) is 24.3 Å². The Morgan fingerprint density at radius 2 is 1.69 bits per heavy atom. The highest BCUT2D eigenvalue weighted by molar-refractivity contribution is 7.89. The average molecular weight is 499 g/mol. The van der Waals surface area contributed by atoms with Crippen molar-refractivity contribution in [3.63, 3.8) is 0 Å². The van der Waals surface area contributed by atoms with Gasteiger partial charge < -0.3 is 14.8 Å². The molecule has 2 atom stereocenters. The molecule has 1 aromatic heterocycles. The van der Waals surface area contributed by atoms with E-state index in [2.05, 4.69) is 5.32 Å². The van der Waals surface area contributed by atoms with Crippen molar-refractivity contribution in [3.05, 3.63) is 58.5 Å². The number of hydrogen-bond acceptors (Lipinski definition) is 5. The molecule has 2 fully saturated rings. The van der Waals surface area contributed by atoms with Crippen LogP contribution in [0.25, 0.3) is 0 Å². The zero-order valence-corrected chi connectivity index (χ0v) is 20.5. The number of pyridine rings is 1. The number of nitrogens with zero attached hydrogens (tertiary/aromatic N) is 3. The molecule has 0 aliphatic carbocycles. The van der Waals surface area contributed by atoms with E-state index in [0.717, 1.165) is 12.1 Å². The van der Waals surface area contributed by atoms with E-state index >= 15 is 0 Å². The van der Waals surface area contributed by atoms with Crippen molar-refractivity contribution < 1.29 is 18.0 Å². The Balaban J connectivity index is 1.22. The van der Waals surface area contributed by atoms with Gasteiger partial charge in [-0.25, -0.2) is 8.42 Å². The van der Waals surface area contributed by atoms with Gasteiger partial charge in [0, 0.05) is 68.9 Å². The molecule has 3 aliphatic heterocycles. The number of piperidine rings is 2. The molecule has 186 valence electrons. The van der Waals surface area contributed by atoms with Crippen molar-refractivity contribution in [1.82, 2.24) is 13.8 Å². The molecule has 4 heterocycles. The van der Waals surface area contributed by atoms with Crippen molar-refractivity contribution >= 4 is 27.5 Å². The number of carbonyl (C=O) groups excluding carboxylic acids is 2. The second-order valence-corrected chi connectivity index (χ2v) is 11.8. The topological polar surface area (TPSA) is 109 Å². The van der Waals surface area contributed by atoms with Gasteiger partial charge in [0.1, 0.15) is 0 Å². The third-order valence-corrected chi connectivity index (χ3v) is 9.32. The molecule has 2 amide bonds. The van der Waals surface area contributed by atoms with Crippen molar-refractivity contribution in [1.29, 1.82) is 0 Å². The number of aromatic nitrogens is 1. The first-order valence-electron chi connectivity index (χ1n) is 12.1. The largest absolute Gasteiger partial charge is 0.341 e. The molecule has 2 bridgehead atoms. The number of anilines is 1. The highest BCUT2D eigenvalue weighted by atomic mass is 32.2. The maximum atomic E-state index is 13.4. The van der Waals surface area contributed by atoms with Gasteiger partial charge in [-0.05, 0) is 55.5 Å². The summed E-state index contributed by atoms with van der Waals surface area (Å²) in [5.41, 5.74) is 1.58. The number of nitrogens with one attached hydrogen (secondary N) is 1. The van der Waals surface area contributed by atoms with E-state index in [0.29, 0.717) is 51.3 Å². The lowest BCUT2D eigenvalue weighted by Crippen LogP contribution is -2.52. The van der Waals surface area contributed by atoms with Crippen LogP contribution in [0.2, 0.25) is 0 Å². The summed E-state index contributed by atoms with van der Waals surface area (Å²) in [6.07, 6.45) is 1.97. The molecule has 3 aliphatic rings. The molecule has 2 unspecified atom stereocenters. The minimum absolute atomic E-state index is 0.0234. The molecule has 2 saturated heterocycles. The van der Waals surface area contributed by atoms with Crippen LogP contribution in [0, 0.1) is 11.8 Å². The van der Waals surface area contributed by atoms with Gasteiger partial charge in [-0.3, -0.25) is 14.4 Å². The second-order valence-electron chi connectivity index (χ2n) is 9.83. The van der Waals surface area contributed by atoms with E-state index in [1.807, 2.05) is 15.5 Å². The average Bonchev–Trinajstić information content (AvgIpc) is 2.84. The molecule has 10 heteroatoms. The summed E-state index contributed by atoms with van der Waals surface area (Å²) >= 11 is 0. The van der Waals surface area contributed by atoms with Crippen molar-refractivity contribution in [2.24, 2.45) is 11.8 Å². The normalized spacial score (nSPS) is 22.9. The van der Waals surface area contributed by atoms with E-state index in [4.69, 9.17) is 0 Å². The van der Waals surface area contributed by atoms with Gasteiger partial charge in [0.15, 0.2) is 0 Å². The number of likely N-dealkylation sites (tertiary alicyclic amines) is 1. The highest BCUT2D eigenvalue weighted by Gasteiger charge is 2.39. The SMILES string of the molecule is CC(=O)Nc1ccc(S(=O)(=O)N2CCC(C(=O)N3CC4CC(C3)c3cccc(=O)n3C4)CC2)cc1. The van der Waals surface area contributed by atoms with Crippen molar-refractivity contribution in [2.75, 3.05) is 31.5 Å². The fourth-order valence-corrected chi connectivity index (χ4v) is 7.21. The van der Waals surface area contributed by atoms with Crippen LogP contribution in [0.3, 0.4) is 0 Å². The van der Waals surface area contributed by atoms with Gasteiger partial charge in [0.05, 0.1) is 4.90 Å². The zero-order valence-electron chi connectivity index (χ0n) is 19.7. The monoisotopic (exact) mass is 498 g/mol. The summed E-state index contributed by atoms with van der Waals surface area (Å²) in [6.45, 7) is 3.89. The van der Waals surface area contributed by atoms with Crippen molar-refractivity contribution in [2.45, 2.75) is 43.5 Å². The molecule has 1 aromatic carbocycles. The number of amides is 2. The third kappa shape index (κ3) is 4.64. The van der Waals surface area contributed by atoms with Gasteiger partial charge >= 0.3 is 0 Å². The lowest BCUT2D eigenvalue weighted by Gasteiger charge is -2.44. The zero-order chi connectivity index (χ0) is 24.7. The Labute approximate surface area is 204 Å². The summed E-state index contributed by atoms with van der Waals surface area (Å²) in [4.78, 5) is 38.9. The maximum Gasteiger partial charge on any atom is 0.250 e. The van der Waals surface area contributed by atoms with Crippen LogP contribution in [0.1, 0.15) is 37.8 Å². The van der Waals surface area contributed by atoms with Crippen LogP contribution in [-0.4, -0.2) is 60.2 Å². The molecular formula is C25H30N4O5S. The standard InChI is InChI=1S/C25H30N4O5S/c1-17(30)26-21-5-7-22(8-6-21)35(33,34)28-11-9-19(10-12-28)25(32)27-14-18-13-20(16-27)23-3-2-4-24(31)29(23)15-18/h2-8,18-20H,9-16H2,1H3,(H,26,30). The van der Waals surface area contributed by atoms with Gasteiger partial charge in [-0.1, -0.05) is 6.07 Å². The minimum Gasteiger partial charge on any atom is -0.341 e. The molecule has 1 N–H and O–H groups in total. The number of fused-ring (bicyclic) bond motifs is 4. The quantitative estimate of drug-likeness (QED) is 0.692. The van der Waals surface area contributed by atoms with E-state index in [-0.39, 0.29) is 40.0 Å². The van der Waals surface area contributed by atoms with E-state index in [1.165, 1.54) is 23.4 Å². The number of sulfonamides is 1. The van der Waals surface area contributed by atoms with Gasteiger partial charge in [0.25, 0.3) is 5.56 Å². The van der Waals surface area contributed by atoms with Crippen LogP contribution in [0.15, 0.2) is 52.2 Å². The Morgan fingerprint density at radius 3 is 2.37 bits per heavy atom. The van der Waals surface area contributed by atoms with Crippen LogP contribution < -0.4 is 10.9 Å². The fraction of sp³-hybridized carbons (Fsp3) is 0.480. The smallest absolute Gasteiger partial charge is 0.250 e. The van der Waals surface area contributed by atoms with Gasteiger partial charge in [-0.15, -0.1) is 0 Å². The molecule has 35 heavy (non-hydrogen) atoms. The predicted octanol–water partition coefficient (Wildman–Crippen LogP) is 1.85. The Bertz CT molecular complexity index is 1300. The van der Waals surface area contributed by atoms with Crippen LogP contribution in [0.4, 0.5) is 5.69 Å². The van der Waals surface area contributed by atoms with Crippen molar-refractivity contribution in [3.8, 4) is 0 Å². The van der Waals surface area contributed by atoms with Crippen LogP contribution in [0.5, 0.6) is 0 Å². The molecular weight excluding hydrogens is 468 g/mol. The summed E-state index contributed by atoms with van der Waals surface area (Å²) in [5, 5.41) is 2.63. The summed E-state index contributed by atoms with van der Waals surface area (Å²) < 4.78 is 29.5. The first-order chi connectivity index (χ1) is 16.7. The summed E-state index contributed by atoms with van der Waals surface area (Å²) in [7, 11) is -3.67. The number of benzene rings is 1.